The van der Waals surface area contributed by atoms with Gasteiger partial charge in [0.05, 0.1) is 13.2 Å². The smallest absolute Gasteiger partial charge is 0.251 e. The van der Waals surface area contributed by atoms with Crippen LogP contribution in [0.1, 0.15) is 28.8 Å². The lowest BCUT2D eigenvalue weighted by Crippen LogP contribution is -2.31. The molecule has 0 saturated carbocycles. The molecule has 0 aliphatic carbocycles. The Hall–Kier alpha value is -2.24. The van der Waals surface area contributed by atoms with Crippen LogP contribution in [-0.2, 0) is 11.3 Å². The first-order chi connectivity index (χ1) is 12.7. The van der Waals surface area contributed by atoms with E-state index in [1.165, 1.54) is 0 Å². The first kappa shape index (κ1) is 18.5. The number of hydrogen-bond donors (Lipinski definition) is 1. The van der Waals surface area contributed by atoms with Crippen LogP contribution in [0.15, 0.2) is 42.5 Å². The topological polar surface area (TPSA) is 56.8 Å². The quantitative estimate of drug-likeness (QED) is 0.798. The third-order valence-electron chi connectivity index (χ3n) is 4.28. The van der Waals surface area contributed by atoms with Gasteiger partial charge in [0.1, 0.15) is 6.61 Å². The zero-order valence-corrected chi connectivity index (χ0v) is 15.4. The Labute approximate surface area is 158 Å². The van der Waals surface area contributed by atoms with E-state index >= 15 is 0 Å². The molecule has 2 aromatic rings. The van der Waals surface area contributed by atoms with Crippen molar-refractivity contribution in [1.82, 2.24) is 5.32 Å². The number of nitrogens with one attached hydrogen (secondary N) is 1. The highest BCUT2D eigenvalue weighted by molar-refractivity contribution is 6.31. The Morgan fingerprint density at radius 3 is 2.85 bits per heavy atom. The number of methoxy groups -OCH3 is 1. The first-order valence-corrected chi connectivity index (χ1v) is 8.99. The average molecular weight is 376 g/mol. The van der Waals surface area contributed by atoms with Gasteiger partial charge in [0, 0.05) is 29.3 Å². The monoisotopic (exact) mass is 375 g/mol. The largest absolute Gasteiger partial charge is 0.493 e. The van der Waals surface area contributed by atoms with Gasteiger partial charge in [-0.2, -0.15) is 0 Å². The molecule has 1 saturated heterocycles. The third kappa shape index (κ3) is 4.68. The van der Waals surface area contributed by atoms with Crippen LogP contribution >= 0.6 is 11.6 Å². The van der Waals surface area contributed by atoms with E-state index in [2.05, 4.69) is 5.32 Å². The Kier molecular flexibility index (Phi) is 6.36. The highest BCUT2D eigenvalue weighted by Crippen LogP contribution is 2.29. The second kappa shape index (κ2) is 8.92. The van der Waals surface area contributed by atoms with E-state index in [9.17, 15) is 4.79 Å². The van der Waals surface area contributed by atoms with Gasteiger partial charge in [0.2, 0.25) is 0 Å². The summed E-state index contributed by atoms with van der Waals surface area (Å²) in [5.74, 6) is 0.904. The van der Waals surface area contributed by atoms with Crippen LogP contribution < -0.4 is 14.8 Å². The van der Waals surface area contributed by atoms with Crippen molar-refractivity contribution in [1.29, 1.82) is 0 Å². The van der Waals surface area contributed by atoms with E-state index < -0.39 is 0 Å². The van der Waals surface area contributed by atoms with Crippen molar-refractivity contribution in [2.24, 2.45) is 0 Å². The van der Waals surface area contributed by atoms with E-state index in [1.807, 2.05) is 24.3 Å². The van der Waals surface area contributed by atoms with Crippen molar-refractivity contribution in [3.05, 3.63) is 58.6 Å². The molecule has 5 nitrogen and oxygen atoms in total. The molecule has 0 aromatic heterocycles. The minimum absolute atomic E-state index is 0.110. The van der Waals surface area contributed by atoms with Gasteiger partial charge in [-0.3, -0.25) is 4.79 Å². The van der Waals surface area contributed by atoms with Crippen LogP contribution in [-0.4, -0.2) is 32.3 Å². The summed E-state index contributed by atoms with van der Waals surface area (Å²) in [4.78, 5) is 12.3. The molecular weight excluding hydrogens is 354 g/mol. The molecule has 0 radical (unpaired) electrons. The normalized spacial score (nSPS) is 16.3. The minimum Gasteiger partial charge on any atom is -0.493 e. The summed E-state index contributed by atoms with van der Waals surface area (Å²) in [7, 11) is 1.55. The number of carbonyl (C=O) groups is 1. The van der Waals surface area contributed by atoms with Gasteiger partial charge in [-0.25, -0.2) is 0 Å². The Bertz CT molecular complexity index is 759. The Morgan fingerprint density at radius 1 is 1.27 bits per heavy atom. The van der Waals surface area contributed by atoms with Crippen LogP contribution in [0.3, 0.4) is 0 Å². The molecule has 0 bridgehead atoms. The molecule has 1 heterocycles. The molecule has 1 atom stereocenters. The molecule has 0 unspecified atom stereocenters. The summed E-state index contributed by atoms with van der Waals surface area (Å²) < 4.78 is 16.7. The lowest BCUT2D eigenvalue weighted by Gasteiger charge is -2.14. The Morgan fingerprint density at radius 2 is 2.12 bits per heavy atom. The lowest BCUT2D eigenvalue weighted by atomic mass is 10.1. The molecular formula is C20H22ClNO4. The predicted molar refractivity (Wildman–Crippen MR) is 100 cm³/mol. The second-order valence-corrected chi connectivity index (χ2v) is 6.50. The van der Waals surface area contributed by atoms with Crippen molar-refractivity contribution >= 4 is 17.5 Å². The third-order valence-corrected chi connectivity index (χ3v) is 4.65. The number of hydrogen-bond acceptors (Lipinski definition) is 4. The summed E-state index contributed by atoms with van der Waals surface area (Å²) in [6, 6.07) is 12.6. The number of carbonyl (C=O) groups excluding carboxylic acids is 1. The van der Waals surface area contributed by atoms with E-state index in [1.54, 1.807) is 25.3 Å². The molecule has 1 aliphatic rings. The van der Waals surface area contributed by atoms with Crippen LogP contribution in [0.25, 0.3) is 0 Å². The average Bonchev–Trinajstić information content (AvgIpc) is 3.19. The molecule has 2 aromatic carbocycles. The van der Waals surface area contributed by atoms with Crippen molar-refractivity contribution in [2.45, 2.75) is 25.6 Å². The maximum absolute atomic E-state index is 12.3. The van der Waals surface area contributed by atoms with Crippen LogP contribution in [0.5, 0.6) is 11.5 Å². The SMILES string of the molecule is COc1cc(C(=O)NC[C@@H]2CCCO2)ccc1OCc1ccccc1Cl. The fourth-order valence-corrected chi connectivity index (χ4v) is 3.00. The predicted octanol–water partition coefficient (Wildman–Crippen LogP) is 3.84. The van der Waals surface area contributed by atoms with E-state index in [0.717, 1.165) is 25.0 Å². The van der Waals surface area contributed by atoms with E-state index in [0.29, 0.717) is 35.2 Å². The van der Waals surface area contributed by atoms with Crippen molar-refractivity contribution in [3.63, 3.8) is 0 Å². The lowest BCUT2D eigenvalue weighted by molar-refractivity contribution is 0.0857. The molecule has 1 aliphatic heterocycles. The van der Waals surface area contributed by atoms with E-state index in [-0.39, 0.29) is 12.0 Å². The second-order valence-electron chi connectivity index (χ2n) is 6.09. The highest BCUT2D eigenvalue weighted by Gasteiger charge is 2.17. The Balaban J connectivity index is 1.63. The van der Waals surface area contributed by atoms with Crippen molar-refractivity contribution < 1.29 is 19.0 Å². The number of benzene rings is 2. The molecule has 1 fully saturated rings. The zero-order valence-electron chi connectivity index (χ0n) is 14.7. The van der Waals surface area contributed by atoms with Gasteiger partial charge >= 0.3 is 0 Å². The molecule has 0 spiro atoms. The fourth-order valence-electron chi connectivity index (χ4n) is 2.81. The summed E-state index contributed by atoms with van der Waals surface area (Å²) in [6.45, 7) is 1.61. The number of halogens is 1. The highest BCUT2D eigenvalue weighted by atomic mass is 35.5. The number of ether oxygens (including phenoxy) is 3. The van der Waals surface area contributed by atoms with Crippen LogP contribution in [0.2, 0.25) is 5.02 Å². The standard InChI is InChI=1S/C20H22ClNO4/c1-24-19-11-14(20(23)22-12-16-6-4-10-25-16)8-9-18(19)26-13-15-5-2-3-7-17(15)21/h2-3,5,7-9,11,16H,4,6,10,12-13H2,1H3,(H,22,23)/t16-/m0/s1. The molecule has 1 amide bonds. The molecule has 1 N–H and O–H groups in total. The fraction of sp³-hybridized carbons (Fsp3) is 0.350. The maximum Gasteiger partial charge on any atom is 0.251 e. The summed E-state index contributed by atoms with van der Waals surface area (Å²) in [5.41, 5.74) is 1.40. The van der Waals surface area contributed by atoms with Gasteiger partial charge < -0.3 is 19.5 Å². The van der Waals surface area contributed by atoms with Gasteiger partial charge in [-0.15, -0.1) is 0 Å². The van der Waals surface area contributed by atoms with Gasteiger partial charge in [-0.05, 0) is 37.1 Å². The minimum atomic E-state index is -0.156. The van der Waals surface area contributed by atoms with Crippen molar-refractivity contribution in [3.8, 4) is 11.5 Å². The van der Waals surface area contributed by atoms with E-state index in [4.69, 9.17) is 25.8 Å². The summed E-state index contributed by atoms with van der Waals surface area (Å²) in [5, 5.41) is 3.55. The van der Waals surface area contributed by atoms with Gasteiger partial charge in [0.25, 0.3) is 5.91 Å². The molecule has 6 heteroatoms. The van der Waals surface area contributed by atoms with Gasteiger partial charge in [-0.1, -0.05) is 29.8 Å². The molecule has 138 valence electrons. The zero-order chi connectivity index (χ0) is 18.4. The number of amides is 1. The maximum atomic E-state index is 12.3. The summed E-state index contributed by atoms with van der Waals surface area (Å²) >= 11 is 6.15. The molecule has 3 rings (SSSR count). The van der Waals surface area contributed by atoms with Crippen molar-refractivity contribution in [2.75, 3.05) is 20.3 Å². The first-order valence-electron chi connectivity index (χ1n) is 8.61. The molecule has 26 heavy (non-hydrogen) atoms. The van der Waals surface area contributed by atoms with Crippen LogP contribution in [0, 0.1) is 0 Å². The number of rotatable bonds is 7. The van der Waals surface area contributed by atoms with Gasteiger partial charge in [0.15, 0.2) is 11.5 Å². The van der Waals surface area contributed by atoms with Crippen LogP contribution in [0.4, 0.5) is 0 Å². The summed E-state index contributed by atoms with van der Waals surface area (Å²) in [6.07, 6.45) is 2.14.